The van der Waals surface area contributed by atoms with Crippen LogP contribution in [0.25, 0.3) is 27.6 Å². The predicted octanol–water partition coefficient (Wildman–Crippen LogP) is 9.30. The third-order valence-corrected chi connectivity index (χ3v) is 3.75. The summed E-state index contributed by atoms with van der Waals surface area (Å²) in [6.45, 7) is 12.0. The van der Waals surface area contributed by atoms with Crippen molar-refractivity contribution in [3.8, 4) is 11.1 Å². The molecule has 0 aliphatic heterocycles. The fourth-order valence-electron chi connectivity index (χ4n) is 2.28. The molecule has 3 rings (SSSR count). The van der Waals surface area contributed by atoms with Crippen LogP contribution in [-0.4, -0.2) is 15.1 Å². The van der Waals surface area contributed by atoms with Gasteiger partial charge < -0.3 is 5.73 Å². The van der Waals surface area contributed by atoms with Gasteiger partial charge in [0.2, 0.25) is 0 Å². The first-order valence-corrected chi connectivity index (χ1v) is 17.9. The Balaban J connectivity index is 0.000000557. The number of rotatable bonds is 1. The van der Waals surface area contributed by atoms with E-state index in [0.29, 0.717) is 0 Å². The van der Waals surface area contributed by atoms with Crippen molar-refractivity contribution < 1.29 is 20.8 Å². The Morgan fingerprint density at radius 1 is 1.04 bits per heavy atom. The Kier molecular flexibility index (Phi) is 15.1. The van der Waals surface area contributed by atoms with E-state index in [4.69, 9.17) is 22.8 Å². The SMILES string of the molecule is CC(C)(C)[NH-].C[Si]C.Cc1cc2c(-c3ccccc3)ccc(Br)c2[cH-]1.[Cl][Zr+2][Cl]. The van der Waals surface area contributed by atoms with Gasteiger partial charge in [0.25, 0.3) is 0 Å². The number of aryl methyl sites for hydroxylation is 1. The Hall–Kier alpha value is 0.170. The average Bonchev–Trinajstić information content (AvgIpc) is 2.98. The summed E-state index contributed by atoms with van der Waals surface area (Å²) in [5.41, 5.74) is 10.6. The normalized spacial score (nSPS) is 9.79. The molecule has 1 nitrogen and oxygen atoms in total. The molecule has 3 aromatic rings. The van der Waals surface area contributed by atoms with Crippen molar-refractivity contribution in [1.82, 2.24) is 0 Å². The number of hydrogen-bond acceptors (Lipinski definition) is 0. The molecule has 2 radical (unpaired) electrons. The van der Waals surface area contributed by atoms with Gasteiger partial charge in [-0.25, -0.2) is 0 Å². The number of halogens is 3. The Labute approximate surface area is 200 Å². The van der Waals surface area contributed by atoms with E-state index in [1.165, 1.54) is 31.9 Å². The molecule has 0 atom stereocenters. The molecule has 0 fully saturated rings. The Bertz CT molecular complexity index is 793. The van der Waals surface area contributed by atoms with Crippen LogP contribution < -0.4 is 0 Å². The van der Waals surface area contributed by atoms with Crippen LogP contribution >= 0.6 is 33.0 Å². The van der Waals surface area contributed by atoms with Gasteiger partial charge in [0.15, 0.2) is 0 Å². The molecule has 1 N–H and O–H groups in total. The van der Waals surface area contributed by atoms with Crippen molar-refractivity contribution in [2.75, 3.05) is 0 Å². The summed E-state index contributed by atoms with van der Waals surface area (Å²) in [6, 6.07) is 19.3. The zero-order valence-corrected chi connectivity index (χ0v) is 23.9. The molecule has 6 heteroatoms. The number of nitrogens with one attached hydrogen (secondary N) is 1. The molecule has 0 saturated carbocycles. The van der Waals surface area contributed by atoms with Crippen LogP contribution in [0, 0.1) is 6.92 Å². The van der Waals surface area contributed by atoms with Crippen molar-refractivity contribution in [3.63, 3.8) is 0 Å². The molecule has 0 unspecified atom stereocenters. The molecule has 3 aromatic carbocycles. The zero-order valence-electron chi connectivity index (χ0n) is 17.3. The van der Waals surface area contributed by atoms with Crippen molar-refractivity contribution in [2.45, 2.75) is 46.3 Å². The summed E-state index contributed by atoms with van der Waals surface area (Å²) in [7, 11) is 11.0. The van der Waals surface area contributed by atoms with Crippen LogP contribution in [0.1, 0.15) is 26.3 Å². The van der Waals surface area contributed by atoms with Crippen molar-refractivity contribution in [1.29, 1.82) is 0 Å². The van der Waals surface area contributed by atoms with E-state index in [1.807, 2.05) is 20.8 Å². The predicted molar refractivity (Wildman–Crippen MR) is 131 cm³/mol. The quantitative estimate of drug-likeness (QED) is 0.204. The third-order valence-electron chi connectivity index (χ3n) is 3.06. The number of hydrogen-bond donors (Lipinski definition) is 0. The minimum atomic E-state index is -0.826. The van der Waals surface area contributed by atoms with E-state index < -0.39 is 20.8 Å². The van der Waals surface area contributed by atoms with E-state index in [1.54, 1.807) is 0 Å². The number of fused-ring (bicyclic) bond motifs is 1. The second-order valence-corrected chi connectivity index (χ2v) is 12.7. The van der Waals surface area contributed by atoms with Gasteiger partial charge in [-0.2, -0.15) is 6.07 Å². The zero-order chi connectivity index (χ0) is 21.7. The molecule has 0 heterocycles. The number of benzene rings is 2. The van der Waals surface area contributed by atoms with Crippen LogP contribution in [0.2, 0.25) is 13.1 Å². The molecule has 150 valence electrons. The van der Waals surface area contributed by atoms with Gasteiger partial charge >= 0.3 is 37.9 Å². The topological polar surface area (TPSA) is 23.8 Å². The Morgan fingerprint density at radius 3 is 1.96 bits per heavy atom. The van der Waals surface area contributed by atoms with Crippen LogP contribution in [0.3, 0.4) is 0 Å². The first kappa shape index (κ1) is 28.2. The summed E-state index contributed by atoms with van der Waals surface area (Å²) in [5.74, 6) is 0. The Morgan fingerprint density at radius 2 is 1.50 bits per heavy atom. The molecular weight excluding hydrogens is 548 g/mol. The summed E-state index contributed by atoms with van der Waals surface area (Å²) >= 11 is 2.79. The van der Waals surface area contributed by atoms with E-state index in [2.05, 4.69) is 90.5 Å². The first-order chi connectivity index (χ1) is 13.1. The average molecular weight is 577 g/mol. The second kappa shape index (κ2) is 15.0. The van der Waals surface area contributed by atoms with Gasteiger partial charge in [0.1, 0.15) is 0 Å². The molecule has 0 bridgehead atoms. The van der Waals surface area contributed by atoms with E-state index >= 15 is 0 Å². The van der Waals surface area contributed by atoms with Gasteiger partial charge in [-0.3, -0.25) is 0 Å². The second-order valence-electron chi connectivity index (χ2n) is 7.14. The van der Waals surface area contributed by atoms with Crippen molar-refractivity contribution >= 4 is 53.2 Å². The van der Waals surface area contributed by atoms with E-state index in [-0.39, 0.29) is 5.54 Å². The first-order valence-electron chi connectivity index (χ1n) is 8.79. The van der Waals surface area contributed by atoms with Gasteiger partial charge in [-0.1, -0.05) is 93.3 Å². The molecule has 0 saturated heterocycles. The van der Waals surface area contributed by atoms with E-state index in [0.717, 1.165) is 9.52 Å². The van der Waals surface area contributed by atoms with Crippen LogP contribution in [0.15, 0.2) is 59.1 Å². The summed E-state index contributed by atoms with van der Waals surface area (Å²) in [5, 5.41) is 2.62. The maximum absolute atomic E-state index is 6.94. The molecule has 0 amide bonds. The summed E-state index contributed by atoms with van der Waals surface area (Å²) in [4.78, 5) is 0. The van der Waals surface area contributed by atoms with Crippen molar-refractivity contribution in [2.24, 2.45) is 0 Å². The standard InChI is InChI=1S/C16H12Br.C4H10N.C2H6Si.2ClH.Zr/c1-11-9-14-13(12-5-3-2-4-6-12)7-8-16(17)15(14)10-11;1-4(2,3)5;1-3-2;;;/h2-10H,1H3;5H,1-3H3;1-2H3;2*1H;/q2*-1;;;;+4/p-2. The van der Waals surface area contributed by atoms with Gasteiger partial charge in [-0.05, 0) is 5.56 Å². The summed E-state index contributed by atoms with van der Waals surface area (Å²) in [6.07, 6.45) is 0. The molecule has 0 aliphatic rings. The van der Waals surface area contributed by atoms with Crippen LogP contribution in [0.4, 0.5) is 0 Å². The van der Waals surface area contributed by atoms with Gasteiger partial charge in [0, 0.05) is 9.52 Å². The van der Waals surface area contributed by atoms with Gasteiger partial charge in [0.05, 0.1) is 0 Å². The molecule has 0 spiro atoms. The molecular formula is C22H28BrCl2NSiZr. The van der Waals surface area contributed by atoms with Gasteiger partial charge in [-0.15, -0.1) is 43.9 Å². The molecule has 0 aliphatic carbocycles. The van der Waals surface area contributed by atoms with Crippen LogP contribution in [-0.2, 0) is 20.8 Å². The van der Waals surface area contributed by atoms with Crippen LogP contribution in [0.5, 0.6) is 0 Å². The summed E-state index contributed by atoms with van der Waals surface area (Å²) < 4.78 is 1.17. The minimum absolute atomic E-state index is 0.250. The van der Waals surface area contributed by atoms with Crippen molar-refractivity contribution in [3.05, 3.63) is 70.4 Å². The fraction of sp³-hybridized carbons (Fsp3) is 0.318. The molecule has 0 aromatic heterocycles. The fourth-order valence-corrected chi connectivity index (χ4v) is 2.74. The third kappa shape index (κ3) is 12.0. The molecule has 28 heavy (non-hydrogen) atoms. The van der Waals surface area contributed by atoms with E-state index in [9.17, 15) is 0 Å². The monoisotopic (exact) mass is 573 g/mol. The maximum atomic E-state index is 6.94.